The number of amides is 2. The van der Waals surface area contributed by atoms with Gasteiger partial charge in [-0.3, -0.25) is 9.59 Å². The van der Waals surface area contributed by atoms with Crippen LogP contribution in [0.1, 0.15) is 5.56 Å². The maximum Gasteiger partial charge on any atom is 0.295 e. The molecule has 1 atom stereocenters. The quantitative estimate of drug-likeness (QED) is 0.911. The van der Waals surface area contributed by atoms with Gasteiger partial charge in [-0.15, -0.1) is 0 Å². The summed E-state index contributed by atoms with van der Waals surface area (Å²) in [6.45, 7) is 1.92. The van der Waals surface area contributed by atoms with E-state index in [0.717, 1.165) is 23.0 Å². The Morgan fingerprint density at radius 1 is 1.14 bits per heavy atom. The minimum Gasteiger partial charge on any atom is -0.365 e. The maximum atomic E-state index is 12.5. The molecular weight excluding hydrogens is 320 g/mol. The molecule has 0 radical (unpaired) electrons. The molecule has 2 amide bonds. The number of carbonyl (C=O) groups excluding carboxylic acids is 2. The molecule has 4 nitrogen and oxygen atoms in total. The van der Waals surface area contributed by atoms with Crippen molar-refractivity contribution in [2.24, 2.45) is 0 Å². The number of imide groups is 1. The van der Waals surface area contributed by atoms with Crippen LogP contribution in [0.15, 0.2) is 48.5 Å². The number of halogens is 1. The van der Waals surface area contributed by atoms with Gasteiger partial charge in [-0.25, -0.2) is 4.90 Å². The van der Waals surface area contributed by atoms with Crippen LogP contribution in [0.2, 0.25) is 5.02 Å². The second-order valence-electron chi connectivity index (χ2n) is 4.88. The number of hydrogen-bond donors (Lipinski definition) is 1. The summed E-state index contributed by atoms with van der Waals surface area (Å²) in [4.78, 5) is 25.8. The fourth-order valence-corrected chi connectivity index (χ4v) is 3.27. The number of rotatable bonds is 3. The number of hydrogen-bond acceptors (Lipinski definition) is 4. The molecule has 22 heavy (non-hydrogen) atoms. The van der Waals surface area contributed by atoms with Gasteiger partial charge in [0.2, 0.25) is 0 Å². The van der Waals surface area contributed by atoms with Gasteiger partial charge in [0.1, 0.15) is 0 Å². The van der Waals surface area contributed by atoms with E-state index in [1.54, 1.807) is 36.4 Å². The minimum absolute atomic E-state index is 0.277. The van der Waals surface area contributed by atoms with E-state index in [4.69, 9.17) is 11.6 Å². The Morgan fingerprint density at radius 2 is 1.86 bits per heavy atom. The van der Waals surface area contributed by atoms with Crippen LogP contribution >= 0.6 is 23.4 Å². The third-order valence-electron chi connectivity index (χ3n) is 3.35. The third-order valence-corrected chi connectivity index (χ3v) is 4.52. The summed E-state index contributed by atoms with van der Waals surface area (Å²) in [7, 11) is 0. The van der Waals surface area contributed by atoms with Crippen molar-refractivity contribution in [3.8, 4) is 0 Å². The lowest BCUT2D eigenvalue weighted by Gasteiger charge is -2.16. The molecule has 1 heterocycles. The van der Waals surface area contributed by atoms with E-state index >= 15 is 0 Å². The van der Waals surface area contributed by atoms with E-state index in [0.29, 0.717) is 10.7 Å². The molecule has 1 aliphatic heterocycles. The summed E-state index contributed by atoms with van der Waals surface area (Å²) in [6.07, 6.45) is 0. The van der Waals surface area contributed by atoms with E-state index in [1.807, 2.05) is 19.1 Å². The number of nitrogens with zero attached hydrogens (tertiary/aromatic N) is 1. The minimum atomic E-state index is -0.648. The second-order valence-corrected chi connectivity index (χ2v) is 6.37. The van der Waals surface area contributed by atoms with Gasteiger partial charge in [0.05, 0.1) is 5.69 Å². The zero-order valence-electron chi connectivity index (χ0n) is 11.7. The van der Waals surface area contributed by atoms with Gasteiger partial charge in [0, 0.05) is 10.7 Å². The van der Waals surface area contributed by atoms with Gasteiger partial charge in [0.25, 0.3) is 11.1 Å². The highest BCUT2D eigenvalue weighted by molar-refractivity contribution is 8.16. The molecule has 1 unspecified atom stereocenters. The van der Waals surface area contributed by atoms with Crippen molar-refractivity contribution >= 4 is 45.9 Å². The number of benzene rings is 2. The average molecular weight is 333 g/mol. The molecule has 1 saturated heterocycles. The van der Waals surface area contributed by atoms with Crippen LogP contribution in [0.5, 0.6) is 0 Å². The molecule has 1 N–H and O–H groups in total. The molecule has 1 fully saturated rings. The first kappa shape index (κ1) is 14.9. The first-order chi connectivity index (χ1) is 10.6. The Kier molecular flexibility index (Phi) is 4.09. The first-order valence-corrected chi connectivity index (χ1v) is 7.94. The number of para-hydroxylation sites is 1. The lowest BCUT2D eigenvalue weighted by atomic mass is 10.2. The van der Waals surface area contributed by atoms with Crippen molar-refractivity contribution in [2.75, 3.05) is 10.2 Å². The zero-order chi connectivity index (χ0) is 15.7. The summed E-state index contributed by atoms with van der Waals surface area (Å²) < 4.78 is 0. The average Bonchev–Trinajstić information content (AvgIpc) is 2.78. The van der Waals surface area contributed by atoms with Gasteiger partial charge in [-0.05, 0) is 48.5 Å². The van der Waals surface area contributed by atoms with Crippen molar-refractivity contribution in [3.05, 3.63) is 59.1 Å². The molecule has 6 heteroatoms. The van der Waals surface area contributed by atoms with Crippen LogP contribution in [-0.2, 0) is 4.79 Å². The summed E-state index contributed by atoms with van der Waals surface area (Å²) >= 11 is 6.95. The van der Waals surface area contributed by atoms with E-state index in [-0.39, 0.29) is 11.1 Å². The Balaban J connectivity index is 1.84. The van der Waals surface area contributed by atoms with Crippen LogP contribution in [0, 0.1) is 6.92 Å². The smallest absolute Gasteiger partial charge is 0.295 e. The molecule has 0 saturated carbocycles. The maximum absolute atomic E-state index is 12.5. The topological polar surface area (TPSA) is 49.4 Å². The molecule has 0 aromatic heterocycles. The lowest BCUT2D eigenvalue weighted by molar-refractivity contribution is -0.116. The standard InChI is InChI=1S/C16H13ClN2O2S/c1-10-7-8-11(17)9-13(10)18-14-15(20)19(16(21)22-14)12-5-3-2-4-6-12/h2-9,14,18H,1H3. The van der Waals surface area contributed by atoms with E-state index in [9.17, 15) is 9.59 Å². The number of carbonyl (C=O) groups is 2. The third kappa shape index (κ3) is 2.82. The van der Waals surface area contributed by atoms with E-state index < -0.39 is 5.37 Å². The van der Waals surface area contributed by atoms with Crippen molar-refractivity contribution in [1.82, 2.24) is 0 Å². The summed E-state index contributed by atoms with van der Waals surface area (Å²) in [5.74, 6) is -0.277. The highest BCUT2D eigenvalue weighted by atomic mass is 35.5. The van der Waals surface area contributed by atoms with Gasteiger partial charge in [-0.2, -0.15) is 0 Å². The number of nitrogens with one attached hydrogen (secondary N) is 1. The van der Waals surface area contributed by atoms with Gasteiger partial charge in [-0.1, -0.05) is 35.9 Å². The molecule has 112 valence electrons. The SMILES string of the molecule is Cc1ccc(Cl)cc1NC1SC(=O)N(c2ccccc2)C1=O. The highest BCUT2D eigenvalue weighted by Crippen LogP contribution is 2.33. The zero-order valence-corrected chi connectivity index (χ0v) is 13.3. The Bertz CT molecular complexity index is 736. The van der Waals surface area contributed by atoms with Crippen molar-refractivity contribution in [2.45, 2.75) is 12.3 Å². The van der Waals surface area contributed by atoms with Crippen LogP contribution in [0.4, 0.5) is 16.2 Å². The fraction of sp³-hybridized carbons (Fsp3) is 0.125. The Hall–Kier alpha value is -1.98. The normalized spacial score (nSPS) is 17.9. The fourth-order valence-electron chi connectivity index (χ4n) is 2.20. The summed E-state index contributed by atoms with van der Waals surface area (Å²) in [6, 6.07) is 14.3. The van der Waals surface area contributed by atoms with Gasteiger partial charge >= 0.3 is 0 Å². The van der Waals surface area contributed by atoms with Gasteiger partial charge in [0.15, 0.2) is 5.37 Å². The summed E-state index contributed by atoms with van der Waals surface area (Å²) in [5, 5.41) is 2.74. The molecule has 1 aliphatic rings. The lowest BCUT2D eigenvalue weighted by Crippen LogP contribution is -2.34. The van der Waals surface area contributed by atoms with Gasteiger partial charge < -0.3 is 5.32 Å². The molecule has 0 spiro atoms. The summed E-state index contributed by atoms with van der Waals surface area (Å²) in [5.41, 5.74) is 2.29. The predicted octanol–water partition coefficient (Wildman–Crippen LogP) is 4.29. The van der Waals surface area contributed by atoms with Crippen LogP contribution < -0.4 is 10.2 Å². The monoisotopic (exact) mass is 332 g/mol. The van der Waals surface area contributed by atoms with Crippen LogP contribution in [-0.4, -0.2) is 16.5 Å². The molecule has 0 aliphatic carbocycles. The van der Waals surface area contributed by atoms with Crippen LogP contribution in [0.3, 0.4) is 0 Å². The first-order valence-electron chi connectivity index (χ1n) is 6.68. The molecule has 2 aromatic rings. The number of aryl methyl sites for hydroxylation is 1. The largest absolute Gasteiger partial charge is 0.365 e. The van der Waals surface area contributed by atoms with E-state index in [2.05, 4.69) is 5.32 Å². The number of anilines is 2. The predicted molar refractivity (Wildman–Crippen MR) is 90.5 cm³/mol. The molecule has 2 aromatic carbocycles. The van der Waals surface area contributed by atoms with Crippen molar-refractivity contribution in [3.63, 3.8) is 0 Å². The van der Waals surface area contributed by atoms with Crippen LogP contribution in [0.25, 0.3) is 0 Å². The number of thioether (sulfide) groups is 1. The Labute approximate surface area is 137 Å². The molecular formula is C16H13ClN2O2S. The van der Waals surface area contributed by atoms with Crippen molar-refractivity contribution in [1.29, 1.82) is 0 Å². The highest BCUT2D eigenvalue weighted by Gasteiger charge is 2.40. The Morgan fingerprint density at radius 3 is 2.59 bits per heavy atom. The van der Waals surface area contributed by atoms with Crippen molar-refractivity contribution < 1.29 is 9.59 Å². The second kappa shape index (κ2) is 6.02. The molecule has 0 bridgehead atoms. The van der Waals surface area contributed by atoms with E-state index in [1.165, 1.54) is 4.90 Å². The molecule has 3 rings (SSSR count).